The third-order valence-corrected chi connectivity index (χ3v) is 101. The summed E-state index contributed by atoms with van der Waals surface area (Å²) in [6, 6.07) is 0. The Labute approximate surface area is 756 Å². The van der Waals surface area contributed by atoms with Crippen molar-refractivity contribution in [2.45, 2.75) is 67.0 Å². The Hall–Kier alpha value is 20.7. The van der Waals surface area contributed by atoms with Gasteiger partial charge >= 0.3 is 0 Å². The van der Waals surface area contributed by atoms with Crippen LogP contribution in [-0.4, -0.2) is 75.8 Å². The molecule has 0 radical (unpaired) electrons. The summed E-state index contributed by atoms with van der Waals surface area (Å²) in [6.07, 6.45) is 0. The van der Waals surface area contributed by atoms with E-state index < -0.39 is 78.4 Å². The summed E-state index contributed by atoms with van der Waals surface area (Å²) >= 11 is 164. The van der Waals surface area contributed by atoms with Gasteiger partial charge in [-0.1, -0.05) is 653 Å². The van der Waals surface area contributed by atoms with Gasteiger partial charge in [-0.2, -0.15) is 0 Å². The van der Waals surface area contributed by atoms with Crippen molar-refractivity contribution in [3.05, 3.63) is 0 Å². The van der Waals surface area contributed by atoms with Gasteiger partial charge in [-0.05, 0) is 31.9 Å². The summed E-state index contributed by atoms with van der Waals surface area (Å²) in [5.74, 6) is 0. The number of alkyl halides is 43. The van der Waals surface area contributed by atoms with Gasteiger partial charge in [-0.15, -0.1) is 0 Å². The summed E-state index contributed by atoms with van der Waals surface area (Å²) in [4.78, 5) is 0. The smallest absolute Gasteiger partial charge is 0.219 e. The van der Waals surface area contributed by atoms with Crippen LogP contribution in [0.4, 0.5) is 0 Å². The van der Waals surface area contributed by atoms with Gasteiger partial charge < -0.3 is 4.55 Å². The molecule has 0 bridgehead atoms. The molecule has 0 aliphatic heterocycles. The van der Waals surface area contributed by atoms with Crippen molar-refractivity contribution in [3.63, 3.8) is 0 Å². The van der Waals surface area contributed by atoms with E-state index in [4.69, 9.17) is 4.18 Å². The molecule has 1 unspecified atom stereocenters. The van der Waals surface area contributed by atoms with Crippen LogP contribution < -0.4 is 0 Å². The highest BCUT2D eigenvalue weighted by Gasteiger charge is 2.85. The van der Waals surface area contributed by atoms with Crippen LogP contribution in [0.25, 0.3) is 0 Å². The molecule has 0 aromatic carbocycles. The third-order valence-electron chi connectivity index (χ3n) is 7.99. The molecule has 68 heavy (non-hydrogen) atoms. The van der Waals surface area contributed by atoms with Crippen LogP contribution >= 0.6 is 685 Å². The van der Waals surface area contributed by atoms with E-state index in [9.17, 15) is 8.76 Å². The molecule has 410 valence electrons. The van der Waals surface area contributed by atoms with Crippen molar-refractivity contribution in [1.82, 2.24) is 0 Å². The molecule has 0 aromatic heterocycles. The molecule has 47 heteroatoms. The fraction of sp³-hybridized carbons (Fsp3) is 1.00. The van der Waals surface area contributed by atoms with E-state index >= 15 is 0 Å². The molecule has 0 amide bonds. The number of halogens is 43. The first-order valence-corrected chi connectivity index (χ1v) is 48.9. The molecular weight excluding hydrogens is 3770 g/mol. The first kappa shape index (κ1) is 88.7. The van der Waals surface area contributed by atoms with E-state index in [0.717, 1.165) is 0 Å². The lowest BCUT2D eigenvalue weighted by Crippen LogP contribution is -2.74. The van der Waals surface area contributed by atoms with Crippen LogP contribution in [0.5, 0.6) is 0 Å². The monoisotopic (exact) mass is 3730 g/mol. The third kappa shape index (κ3) is 15.1. The van der Waals surface area contributed by atoms with Gasteiger partial charge in [0.2, 0.25) is 3.42 Å². The van der Waals surface area contributed by atoms with E-state index in [-0.39, 0.29) is 0 Å². The predicted octanol–water partition coefficient (Wildman–Crippen LogP) is 31.3. The Balaban J connectivity index is 8.05. The Morgan fingerprint density at radius 3 is 0.412 bits per heavy atom. The van der Waals surface area contributed by atoms with E-state index in [0.29, 0.717) is 0 Å². The fourth-order valence-corrected chi connectivity index (χ4v) is 48.8. The maximum atomic E-state index is 11.8. The quantitative estimate of drug-likeness (QED) is 0.0850. The number of hydrogen-bond acceptors (Lipinski definition) is 3. The lowest BCUT2D eigenvalue weighted by molar-refractivity contribution is 0.247. The minimum Gasteiger partial charge on any atom is -0.750 e. The largest absolute Gasteiger partial charge is 0.750 e. The molecular formula is C21Br43O3S-. The average Bonchev–Trinajstić information content (AvgIpc) is 3.08. The molecule has 3 nitrogen and oxygen atoms in total. The molecule has 0 rings (SSSR count). The second-order valence-electron chi connectivity index (χ2n) is 12.2. The number of rotatable bonds is 21. The maximum Gasteiger partial charge on any atom is 0.219 e. The Kier molecular flexibility index (Phi) is 37.9. The van der Waals surface area contributed by atoms with Gasteiger partial charge in [-0.3, -0.25) is 4.18 Å². The highest BCUT2D eigenvalue weighted by atomic mass is 80.0. The molecule has 0 heterocycles. The van der Waals surface area contributed by atoms with Gasteiger partial charge in [0, 0.05) is 0 Å². The van der Waals surface area contributed by atoms with Gasteiger partial charge in [0.25, 0.3) is 0 Å². The zero-order valence-electron chi connectivity index (χ0n) is 28.4. The fourth-order valence-electron chi connectivity index (χ4n) is 3.85. The van der Waals surface area contributed by atoms with Gasteiger partial charge in [0.05, 0.1) is 11.4 Å². The average molecular weight is 3770 g/mol. The summed E-state index contributed by atoms with van der Waals surface area (Å²) in [5.41, 5.74) is 0. The molecule has 0 aromatic rings. The SMILES string of the molecule is O=S([O-])OC(Br)(Br)C(Br)(Br)C(Br)(Br)C(Br)(Br)C(Br)(Br)C(Br)(Br)C(Br)(Br)C(Br)(Br)C(Br)(Br)C(Br)(Br)C(Br)(Br)C(Br)(Br)C(Br)(Br)C(Br)(Br)C(Br)(Br)C(Br)(Br)C(Br)(Br)C(Br)(Br)C(Br)(Br)C(Br)(Br)C(Br)(Br)Br. The molecule has 1 atom stereocenters. The van der Waals surface area contributed by atoms with Crippen LogP contribution in [-0.2, 0) is 15.5 Å². The van der Waals surface area contributed by atoms with E-state index in [1.54, 1.807) is 0 Å². The summed E-state index contributed by atoms with van der Waals surface area (Å²) < 4.78 is -1.02. The topological polar surface area (TPSA) is 49.4 Å². The van der Waals surface area contributed by atoms with Crippen molar-refractivity contribution < 1.29 is 12.9 Å². The number of hydrogen-bond donors (Lipinski definition) is 0. The Morgan fingerprint density at radius 2 is 0.309 bits per heavy atom. The summed E-state index contributed by atoms with van der Waals surface area (Å²) in [7, 11) is 0. The second kappa shape index (κ2) is 29.0. The van der Waals surface area contributed by atoms with Crippen LogP contribution in [0.3, 0.4) is 0 Å². The van der Waals surface area contributed by atoms with Crippen LogP contribution in [0.1, 0.15) is 0 Å². The molecule has 0 spiro atoms. The molecule has 0 fully saturated rings. The predicted molar refractivity (Wildman–Crippen MR) is 451 cm³/mol. The van der Waals surface area contributed by atoms with Crippen molar-refractivity contribution in [1.29, 1.82) is 0 Å². The van der Waals surface area contributed by atoms with E-state index in [1.165, 1.54) is 0 Å². The van der Waals surface area contributed by atoms with Crippen LogP contribution in [0.2, 0.25) is 0 Å². The first-order valence-electron chi connectivity index (χ1n) is 13.8. The standard InChI is InChI=1S/C21HBr43O3S/c22-1(23,2(24,25)4(28,29)6(32,33)8(36,37)10(40,41)12(44,45)14(48,49)16(52,53)18(56,57)20(60,61)62)3(26,27)5(30,31)7(34,35)9(38,39)11(42,43)13(46,47)15(50,51)17(54,55)19(58,59)21(63,64)67-68(65)66/h(H,65,66)/p-1. The lowest BCUT2D eigenvalue weighted by atomic mass is 10.0. The van der Waals surface area contributed by atoms with Crippen LogP contribution in [0.15, 0.2) is 0 Å². The maximum absolute atomic E-state index is 11.8. The zero-order chi connectivity index (χ0) is 56.8. The lowest BCUT2D eigenvalue weighted by Gasteiger charge is -2.63. The van der Waals surface area contributed by atoms with E-state index in [1.807, 2.05) is 0 Å². The van der Waals surface area contributed by atoms with E-state index in [2.05, 4.69) is 685 Å². The van der Waals surface area contributed by atoms with Crippen molar-refractivity contribution in [2.75, 3.05) is 0 Å². The molecule has 0 N–H and O–H groups in total. The second-order valence-corrected chi connectivity index (χ2v) is 88.3. The van der Waals surface area contributed by atoms with Gasteiger partial charge in [0.15, 0.2) is 5.38 Å². The highest BCUT2D eigenvalue weighted by Crippen LogP contribution is 2.85. The Bertz CT molecular complexity index is 1870. The molecule has 0 saturated heterocycles. The summed E-state index contributed by atoms with van der Waals surface area (Å²) in [5, 5.41) is 0. The molecule has 0 saturated carbocycles. The minimum atomic E-state index is -2.99. The highest BCUT2D eigenvalue weighted by molar-refractivity contribution is 9.43. The molecule has 0 aliphatic rings. The molecule has 0 aliphatic carbocycles. The van der Waals surface area contributed by atoms with Gasteiger partial charge in [-0.25, -0.2) is 4.21 Å². The van der Waals surface area contributed by atoms with Crippen LogP contribution in [0, 0.1) is 0 Å². The zero-order valence-corrected chi connectivity index (χ0v) is 97.4. The van der Waals surface area contributed by atoms with Crippen molar-refractivity contribution >= 4 is 696 Å². The normalized spacial score (nSPS) is 17.8. The first-order chi connectivity index (χ1) is 28.4. The Morgan fingerprint density at radius 1 is 0.206 bits per heavy atom. The minimum absolute atomic E-state index is 0.951. The van der Waals surface area contributed by atoms with Crippen molar-refractivity contribution in [3.8, 4) is 0 Å². The van der Waals surface area contributed by atoms with Gasteiger partial charge in [0.1, 0.15) is 58.2 Å². The van der Waals surface area contributed by atoms with Crippen molar-refractivity contribution in [2.24, 2.45) is 0 Å². The summed E-state index contributed by atoms with van der Waals surface area (Å²) in [6.45, 7) is 0.